The molecule has 12 nitrogen and oxygen atoms in total. The summed E-state index contributed by atoms with van der Waals surface area (Å²) in [4.78, 5) is 0. The van der Waals surface area contributed by atoms with Gasteiger partial charge in [0.25, 0.3) is 0 Å². The lowest BCUT2D eigenvalue weighted by Crippen LogP contribution is -2.63. The summed E-state index contributed by atoms with van der Waals surface area (Å²) in [5, 5.41) is 17.3. The highest BCUT2D eigenvalue weighted by atomic mass is 79.9. The van der Waals surface area contributed by atoms with E-state index in [-0.39, 0.29) is 13.2 Å². The lowest BCUT2D eigenvalue weighted by atomic mass is 9.97. The van der Waals surface area contributed by atoms with E-state index in [4.69, 9.17) is 28.4 Å². The Bertz CT molecular complexity index is 1760. The zero-order valence-corrected chi connectivity index (χ0v) is 29.2. The summed E-state index contributed by atoms with van der Waals surface area (Å²) >= 11 is 6.96. The fourth-order valence-corrected chi connectivity index (χ4v) is 6.29. The predicted molar refractivity (Wildman–Crippen MR) is 179 cm³/mol. The minimum Gasteiger partial charge on any atom is -0.366 e. The maximum absolute atomic E-state index is 6.60. The molecular weight excluding hydrogens is 748 g/mol. The summed E-state index contributed by atoms with van der Waals surface area (Å²) in [5.41, 5.74) is 4.45. The van der Waals surface area contributed by atoms with Gasteiger partial charge in [-0.3, -0.25) is 0 Å². The normalized spacial score (nSPS) is 24.0. The van der Waals surface area contributed by atoms with E-state index in [1.165, 1.54) is 0 Å². The molecule has 7 rings (SSSR count). The van der Waals surface area contributed by atoms with E-state index in [2.05, 4.69) is 52.5 Å². The van der Waals surface area contributed by atoms with Gasteiger partial charge in [-0.15, -0.1) is 10.2 Å². The highest BCUT2D eigenvalue weighted by molar-refractivity contribution is 9.10. The van der Waals surface area contributed by atoms with Crippen LogP contribution in [-0.4, -0.2) is 74.4 Å². The molecule has 0 aliphatic carbocycles. The monoisotopic (exact) mass is 780 g/mol. The van der Waals surface area contributed by atoms with Crippen molar-refractivity contribution in [3.8, 4) is 0 Å². The van der Waals surface area contributed by atoms with Crippen LogP contribution < -0.4 is 0 Å². The van der Waals surface area contributed by atoms with Crippen LogP contribution in [0.15, 0.2) is 100 Å². The van der Waals surface area contributed by atoms with Gasteiger partial charge in [-0.1, -0.05) is 96.9 Å². The number of nitrogens with zero attached hydrogens (tertiary/aromatic N) is 6. The van der Waals surface area contributed by atoms with Crippen molar-refractivity contribution in [3.05, 3.63) is 128 Å². The number of fused-ring (bicyclic) bond motifs is 1. The summed E-state index contributed by atoms with van der Waals surface area (Å²) in [5.74, 6) is 0. The molecule has 2 fully saturated rings. The highest BCUT2D eigenvalue weighted by Crippen LogP contribution is 2.37. The summed E-state index contributed by atoms with van der Waals surface area (Å²) in [6.07, 6.45) is 0.176. The quantitative estimate of drug-likeness (QED) is 0.162. The molecule has 2 aliphatic heterocycles. The van der Waals surface area contributed by atoms with E-state index in [0.29, 0.717) is 31.1 Å². The van der Waals surface area contributed by atoms with Gasteiger partial charge in [0.1, 0.15) is 35.8 Å². The molecule has 0 amide bonds. The fraction of sp³-hybridized carbons (Fsp3) is 0.353. The van der Waals surface area contributed by atoms with Gasteiger partial charge < -0.3 is 28.4 Å². The third kappa shape index (κ3) is 8.09. The van der Waals surface area contributed by atoms with Gasteiger partial charge in [0.2, 0.25) is 0 Å². The van der Waals surface area contributed by atoms with Crippen LogP contribution >= 0.6 is 31.9 Å². The molecule has 0 radical (unpaired) electrons. The molecule has 3 aromatic carbocycles. The molecule has 6 unspecified atom stereocenters. The Morgan fingerprint density at radius 3 is 1.85 bits per heavy atom. The molecule has 5 aromatic rings. The van der Waals surface area contributed by atoms with E-state index >= 15 is 0 Å². The Morgan fingerprint density at radius 2 is 1.29 bits per heavy atom. The van der Waals surface area contributed by atoms with Crippen molar-refractivity contribution >= 4 is 31.9 Å². The molecule has 0 saturated carbocycles. The van der Waals surface area contributed by atoms with Gasteiger partial charge in [-0.05, 0) is 35.4 Å². The maximum Gasteiger partial charge on any atom is 0.186 e. The third-order valence-corrected chi connectivity index (χ3v) is 9.18. The summed E-state index contributed by atoms with van der Waals surface area (Å²) in [7, 11) is 1.58. The minimum atomic E-state index is -0.748. The smallest absolute Gasteiger partial charge is 0.186 e. The van der Waals surface area contributed by atoms with Crippen LogP contribution in [0.1, 0.15) is 34.4 Å². The van der Waals surface area contributed by atoms with Crippen LogP contribution in [0.25, 0.3) is 0 Å². The molecule has 4 heterocycles. The van der Waals surface area contributed by atoms with Crippen LogP contribution in [0.2, 0.25) is 0 Å². The minimum absolute atomic E-state index is 0.160. The number of halogens is 2. The first-order valence-corrected chi connectivity index (χ1v) is 17.1. The Kier molecular flexibility index (Phi) is 10.7. The number of rotatable bonds is 12. The molecule has 250 valence electrons. The SMILES string of the molecule is COC1OC2COC(c3ccccc3)OC2C(OCc2cn(Cc3ccc(Br)cc3)nn2)C1OCc1cn(Cc2ccc(Br)cc2)nn1. The van der Waals surface area contributed by atoms with Gasteiger partial charge in [0, 0.05) is 21.6 Å². The van der Waals surface area contributed by atoms with E-state index in [1.807, 2.05) is 91.3 Å². The van der Waals surface area contributed by atoms with Crippen LogP contribution in [-0.2, 0) is 54.7 Å². The van der Waals surface area contributed by atoms with E-state index < -0.39 is 37.0 Å². The molecular formula is C34H34Br2N6O6. The van der Waals surface area contributed by atoms with Gasteiger partial charge in [-0.25, -0.2) is 9.36 Å². The second kappa shape index (κ2) is 15.5. The zero-order chi connectivity index (χ0) is 32.9. The van der Waals surface area contributed by atoms with Crippen molar-refractivity contribution < 1.29 is 28.4 Å². The number of hydrogen-bond acceptors (Lipinski definition) is 10. The van der Waals surface area contributed by atoms with Gasteiger partial charge >= 0.3 is 0 Å². The molecule has 48 heavy (non-hydrogen) atoms. The Balaban J connectivity index is 1.08. The molecule has 2 saturated heterocycles. The number of aromatic nitrogens is 6. The van der Waals surface area contributed by atoms with Crippen molar-refractivity contribution in [3.63, 3.8) is 0 Å². The summed E-state index contributed by atoms with van der Waals surface area (Å²) in [6.45, 7) is 1.80. The standard InChI is InChI=1S/C34H34Br2N6O6/c1-43-34-32(45-20-28-18-42(40-38-28)16-23-9-13-26(36)14-10-23)31(30-29(47-34)21-46-33(48-30)24-5-3-2-4-6-24)44-19-27-17-41(39-37-27)15-22-7-11-25(35)12-8-22/h2-14,17-18,29-34H,15-16,19-21H2,1H3. The van der Waals surface area contributed by atoms with E-state index in [9.17, 15) is 0 Å². The van der Waals surface area contributed by atoms with Gasteiger partial charge in [0.05, 0.1) is 45.3 Å². The molecule has 2 aliphatic rings. The lowest BCUT2D eigenvalue weighted by molar-refractivity contribution is -0.369. The first kappa shape index (κ1) is 33.2. The largest absolute Gasteiger partial charge is 0.366 e. The lowest BCUT2D eigenvalue weighted by Gasteiger charge is -2.48. The van der Waals surface area contributed by atoms with Crippen molar-refractivity contribution in [2.75, 3.05) is 13.7 Å². The average molecular weight is 782 g/mol. The number of hydrogen-bond donors (Lipinski definition) is 0. The molecule has 6 atom stereocenters. The molecule has 14 heteroatoms. The van der Waals surface area contributed by atoms with Gasteiger partial charge in [0.15, 0.2) is 12.6 Å². The van der Waals surface area contributed by atoms with Crippen molar-refractivity contribution in [2.24, 2.45) is 0 Å². The fourth-order valence-electron chi connectivity index (χ4n) is 5.76. The summed E-state index contributed by atoms with van der Waals surface area (Å²) < 4.78 is 43.4. The highest BCUT2D eigenvalue weighted by Gasteiger charge is 2.51. The predicted octanol–water partition coefficient (Wildman–Crippen LogP) is 5.45. The maximum atomic E-state index is 6.60. The third-order valence-electron chi connectivity index (χ3n) is 8.12. The number of ether oxygens (including phenoxy) is 6. The number of methoxy groups -OCH3 is 1. The number of benzene rings is 3. The second-order valence-electron chi connectivity index (χ2n) is 11.6. The molecule has 0 bridgehead atoms. The van der Waals surface area contributed by atoms with E-state index in [0.717, 1.165) is 25.6 Å². The topological polar surface area (TPSA) is 117 Å². The Labute approximate surface area is 294 Å². The second-order valence-corrected chi connectivity index (χ2v) is 13.4. The molecule has 0 N–H and O–H groups in total. The first-order valence-electron chi connectivity index (χ1n) is 15.5. The Hall–Kier alpha value is -3.34. The van der Waals surface area contributed by atoms with E-state index in [1.54, 1.807) is 16.5 Å². The van der Waals surface area contributed by atoms with Crippen molar-refractivity contribution in [1.82, 2.24) is 30.0 Å². The van der Waals surface area contributed by atoms with Gasteiger partial charge in [-0.2, -0.15) is 0 Å². The van der Waals surface area contributed by atoms with Crippen LogP contribution in [0.3, 0.4) is 0 Å². The average Bonchev–Trinajstić information content (AvgIpc) is 3.77. The molecule has 0 spiro atoms. The van der Waals surface area contributed by atoms with Crippen molar-refractivity contribution in [2.45, 2.75) is 63.3 Å². The van der Waals surface area contributed by atoms with Crippen LogP contribution in [0.5, 0.6) is 0 Å². The first-order chi connectivity index (χ1) is 23.5. The van der Waals surface area contributed by atoms with Crippen molar-refractivity contribution in [1.29, 1.82) is 0 Å². The summed E-state index contributed by atoms with van der Waals surface area (Å²) in [6, 6.07) is 26.0. The van der Waals surface area contributed by atoms with Crippen LogP contribution in [0.4, 0.5) is 0 Å². The van der Waals surface area contributed by atoms with Crippen LogP contribution in [0, 0.1) is 0 Å². The Morgan fingerprint density at radius 1 is 0.729 bits per heavy atom. The zero-order valence-electron chi connectivity index (χ0n) is 26.0. The molecule has 2 aromatic heterocycles.